The summed E-state index contributed by atoms with van der Waals surface area (Å²) in [4.78, 5) is 4.54. The molecule has 0 saturated carbocycles. The minimum atomic E-state index is -0.173. The van der Waals surface area contributed by atoms with Crippen molar-refractivity contribution >= 4 is 16.9 Å². The van der Waals surface area contributed by atoms with Crippen LogP contribution in [0.2, 0.25) is 0 Å². The maximum absolute atomic E-state index is 13.0. The summed E-state index contributed by atoms with van der Waals surface area (Å²) in [7, 11) is 0. The Bertz CT molecular complexity index is 434. The van der Waals surface area contributed by atoms with Gasteiger partial charge in [-0.3, -0.25) is 4.99 Å². The average molecular weight is 266 g/mol. The molecule has 2 unspecified atom stereocenters. The Morgan fingerprint density at radius 2 is 2.28 bits per heavy atom. The molecule has 0 amide bonds. The number of thioether (sulfide) groups is 1. The largest absolute Gasteiger partial charge is 0.362 e. The second kappa shape index (κ2) is 6.23. The van der Waals surface area contributed by atoms with Gasteiger partial charge < -0.3 is 5.32 Å². The number of rotatable bonds is 3. The minimum absolute atomic E-state index is 0.173. The van der Waals surface area contributed by atoms with Crippen LogP contribution in [0.5, 0.6) is 0 Å². The van der Waals surface area contributed by atoms with Crippen molar-refractivity contribution in [3.8, 4) is 0 Å². The van der Waals surface area contributed by atoms with Gasteiger partial charge in [0.1, 0.15) is 5.82 Å². The second-order valence-corrected chi connectivity index (χ2v) is 5.80. The fraction of sp³-hybridized carbons (Fsp3) is 0.500. The van der Waals surface area contributed by atoms with Gasteiger partial charge in [0.2, 0.25) is 0 Å². The van der Waals surface area contributed by atoms with Gasteiger partial charge in [-0.25, -0.2) is 4.39 Å². The first kappa shape index (κ1) is 13.4. The van der Waals surface area contributed by atoms with E-state index in [2.05, 4.69) is 24.2 Å². The fourth-order valence-corrected chi connectivity index (χ4v) is 2.96. The van der Waals surface area contributed by atoms with Gasteiger partial charge in [-0.2, -0.15) is 0 Å². The molecule has 0 radical (unpaired) electrons. The molecule has 0 aliphatic carbocycles. The zero-order valence-electron chi connectivity index (χ0n) is 10.8. The number of halogens is 1. The van der Waals surface area contributed by atoms with Crippen LogP contribution in [0.1, 0.15) is 19.4 Å². The van der Waals surface area contributed by atoms with Gasteiger partial charge >= 0.3 is 0 Å². The fourth-order valence-electron chi connectivity index (χ4n) is 1.80. The average Bonchev–Trinajstić information content (AvgIpc) is 2.34. The first-order valence-electron chi connectivity index (χ1n) is 6.33. The normalized spacial score (nSPS) is 26.1. The lowest BCUT2D eigenvalue weighted by atomic mass is 10.1. The number of nitrogens with one attached hydrogen (secondary N) is 1. The summed E-state index contributed by atoms with van der Waals surface area (Å²) in [5.74, 6) is 1.62. The number of nitrogens with zero attached hydrogens (tertiary/aromatic N) is 1. The van der Waals surface area contributed by atoms with Crippen LogP contribution in [0.3, 0.4) is 0 Å². The predicted octanol–water partition coefficient (Wildman–Crippen LogP) is 3.09. The van der Waals surface area contributed by atoms with Crippen LogP contribution in [-0.4, -0.2) is 23.5 Å². The van der Waals surface area contributed by atoms with Crippen LogP contribution in [0.15, 0.2) is 29.3 Å². The molecule has 1 aliphatic heterocycles. The van der Waals surface area contributed by atoms with E-state index in [4.69, 9.17) is 0 Å². The Labute approximate surface area is 112 Å². The van der Waals surface area contributed by atoms with Crippen molar-refractivity contribution in [1.82, 2.24) is 5.32 Å². The monoisotopic (exact) mass is 266 g/mol. The molecule has 1 saturated heterocycles. The summed E-state index contributed by atoms with van der Waals surface area (Å²) in [6.45, 7) is 5.14. The molecular weight excluding hydrogens is 247 g/mol. The van der Waals surface area contributed by atoms with E-state index >= 15 is 0 Å². The Kier molecular flexibility index (Phi) is 4.64. The number of aliphatic imine (C=N–C) groups is 1. The van der Waals surface area contributed by atoms with E-state index in [9.17, 15) is 4.39 Å². The van der Waals surface area contributed by atoms with Crippen molar-refractivity contribution in [2.75, 3.05) is 12.3 Å². The number of hydrogen-bond acceptors (Lipinski definition) is 2. The summed E-state index contributed by atoms with van der Waals surface area (Å²) in [5.41, 5.74) is 1.00. The number of amidine groups is 1. The van der Waals surface area contributed by atoms with Crippen molar-refractivity contribution in [2.24, 2.45) is 10.9 Å². The van der Waals surface area contributed by atoms with Crippen molar-refractivity contribution in [1.29, 1.82) is 0 Å². The van der Waals surface area contributed by atoms with Crippen LogP contribution < -0.4 is 5.32 Å². The second-order valence-electron chi connectivity index (χ2n) is 4.79. The summed E-state index contributed by atoms with van der Waals surface area (Å²) in [6, 6.07) is 7.22. The third-order valence-corrected chi connectivity index (χ3v) is 4.45. The highest BCUT2D eigenvalue weighted by atomic mass is 32.2. The highest BCUT2D eigenvalue weighted by molar-refractivity contribution is 8.13. The predicted molar refractivity (Wildman–Crippen MR) is 76.6 cm³/mol. The van der Waals surface area contributed by atoms with E-state index in [1.807, 2.05) is 6.07 Å². The van der Waals surface area contributed by atoms with Gasteiger partial charge in [0.25, 0.3) is 0 Å². The van der Waals surface area contributed by atoms with Crippen molar-refractivity contribution in [2.45, 2.75) is 26.3 Å². The van der Waals surface area contributed by atoms with Crippen molar-refractivity contribution < 1.29 is 4.39 Å². The smallest absolute Gasteiger partial charge is 0.156 e. The minimum Gasteiger partial charge on any atom is -0.362 e. The first-order chi connectivity index (χ1) is 8.65. The summed E-state index contributed by atoms with van der Waals surface area (Å²) in [6.07, 6.45) is 0.785. The lowest BCUT2D eigenvalue weighted by Gasteiger charge is -2.28. The zero-order valence-corrected chi connectivity index (χ0v) is 11.6. The van der Waals surface area contributed by atoms with Gasteiger partial charge in [0.15, 0.2) is 5.17 Å². The van der Waals surface area contributed by atoms with Gasteiger partial charge in [0.05, 0.1) is 0 Å². The maximum atomic E-state index is 13.0. The lowest BCUT2D eigenvalue weighted by molar-refractivity contribution is 0.490. The molecule has 2 atom stereocenters. The topological polar surface area (TPSA) is 24.4 Å². The number of hydrogen-bond donors (Lipinski definition) is 1. The molecule has 1 aliphatic rings. The maximum Gasteiger partial charge on any atom is 0.156 e. The molecule has 1 aromatic rings. The molecule has 98 valence electrons. The highest BCUT2D eigenvalue weighted by Gasteiger charge is 2.20. The van der Waals surface area contributed by atoms with Crippen LogP contribution >= 0.6 is 11.8 Å². The molecule has 4 heteroatoms. The van der Waals surface area contributed by atoms with E-state index in [0.717, 1.165) is 22.9 Å². The Morgan fingerprint density at radius 3 is 3.00 bits per heavy atom. The highest BCUT2D eigenvalue weighted by Crippen LogP contribution is 2.19. The SMILES string of the molecule is CC1CSC(=NCCc2cccc(F)c2)NC1C. The van der Waals surface area contributed by atoms with Gasteiger partial charge in [-0.1, -0.05) is 30.8 Å². The van der Waals surface area contributed by atoms with E-state index in [1.54, 1.807) is 23.9 Å². The van der Waals surface area contributed by atoms with E-state index in [0.29, 0.717) is 18.5 Å². The third-order valence-electron chi connectivity index (χ3n) is 3.23. The standard InChI is InChI=1S/C14H19FN2S/c1-10-9-18-14(17-11(10)2)16-7-6-12-4-3-5-13(15)8-12/h3-5,8,10-11H,6-7,9H2,1-2H3,(H,16,17). The van der Waals surface area contributed by atoms with E-state index in [1.165, 1.54) is 6.07 Å². The lowest BCUT2D eigenvalue weighted by Crippen LogP contribution is -2.41. The molecule has 2 nitrogen and oxygen atoms in total. The summed E-state index contributed by atoms with van der Waals surface area (Å²) in [5, 5.41) is 4.43. The van der Waals surface area contributed by atoms with Crippen LogP contribution in [0.25, 0.3) is 0 Å². The quantitative estimate of drug-likeness (QED) is 0.909. The molecule has 1 aromatic carbocycles. The van der Waals surface area contributed by atoms with Gasteiger partial charge in [0, 0.05) is 18.3 Å². The number of benzene rings is 1. The molecular formula is C14H19FN2S. The van der Waals surface area contributed by atoms with E-state index < -0.39 is 0 Å². The Hall–Kier alpha value is -1.03. The summed E-state index contributed by atoms with van der Waals surface area (Å²) < 4.78 is 13.0. The van der Waals surface area contributed by atoms with Crippen molar-refractivity contribution in [3.05, 3.63) is 35.6 Å². The molecule has 1 fully saturated rings. The van der Waals surface area contributed by atoms with Gasteiger partial charge in [-0.05, 0) is 37.0 Å². The van der Waals surface area contributed by atoms with Crippen LogP contribution in [0, 0.1) is 11.7 Å². The molecule has 1 heterocycles. The third kappa shape index (κ3) is 3.73. The first-order valence-corrected chi connectivity index (χ1v) is 7.32. The van der Waals surface area contributed by atoms with Crippen LogP contribution in [0.4, 0.5) is 4.39 Å². The van der Waals surface area contributed by atoms with Gasteiger partial charge in [-0.15, -0.1) is 0 Å². The molecule has 2 rings (SSSR count). The molecule has 18 heavy (non-hydrogen) atoms. The zero-order chi connectivity index (χ0) is 13.0. The summed E-state index contributed by atoms with van der Waals surface area (Å²) >= 11 is 1.78. The molecule has 1 N–H and O–H groups in total. The molecule has 0 aromatic heterocycles. The van der Waals surface area contributed by atoms with Crippen molar-refractivity contribution in [3.63, 3.8) is 0 Å². The van der Waals surface area contributed by atoms with E-state index in [-0.39, 0.29) is 5.82 Å². The molecule has 0 spiro atoms. The van der Waals surface area contributed by atoms with Crippen LogP contribution in [-0.2, 0) is 6.42 Å². The Balaban J connectivity index is 1.84. The Morgan fingerprint density at radius 1 is 1.44 bits per heavy atom. The molecule has 0 bridgehead atoms.